The van der Waals surface area contributed by atoms with Gasteiger partial charge in [-0.2, -0.15) is 5.26 Å². The molecular formula is C14H15N3. The van der Waals surface area contributed by atoms with Crippen LogP contribution < -0.4 is 5.73 Å². The molecular weight excluding hydrogens is 210 g/mol. The lowest BCUT2D eigenvalue weighted by Crippen LogP contribution is -2.12. The van der Waals surface area contributed by atoms with Crippen LogP contribution in [0.4, 0.5) is 0 Å². The molecule has 0 spiro atoms. The van der Waals surface area contributed by atoms with Crippen molar-refractivity contribution in [1.29, 1.82) is 5.26 Å². The number of nitriles is 1. The molecule has 0 bridgehead atoms. The Labute approximate surface area is 101 Å². The fraction of sp³-hybridized carbons (Fsp3) is 0.214. The van der Waals surface area contributed by atoms with E-state index >= 15 is 0 Å². The Hall–Kier alpha value is -2.05. The summed E-state index contributed by atoms with van der Waals surface area (Å²) in [5.74, 6) is 0. The SMILES string of the molecule is CC(N)c1cccn1Cc1ccc(C#N)cc1. The summed E-state index contributed by atoms with van der Waals surface area (Å²) in [5, 5.41) is 8.73. The van der Waals surface area contributed by atoms with E-state index < -0.39 is 0 Å². The van der Waals surface area contributed by atoms with Gasteiger partial charge in [-0.05, 0) is 36.8 Å². The van der Waals surface area contributed by atoms with Crippen molar-refractivity contribution >= 4 is 0 Å². The molecule has 0 aliphatic rings. The normalized spacial score (nSPS) is 12.1. The highest BCUT2D eigenvalue weighted by Gasteiger charge is 2.05. The lowest BCUT2D eigenvalue weighted by Gasteiger charge is -2.12. The van der Waals surface area contributed by atoms with Crippen molar-refractivity contribution in [2.45, 2.75) is 19.5 Å². The first-order valence-electron chi connectivity index (χ1n) is 5.60. The quantitative estimate of drug-likeness (QED) is 0.872. The molecule has 3 nitrogen and oxygen atoms in total. The van der Waals surface area contributed by atoms with Gasteiger partial charge in [-0.15, -0.1) is 0 Å². The molecule has 17 heavy (non-hydrogen) atoms. The van der Waals surface area contributed by atoms with Gasteiger partial charge in [0.2, 0.25) is 0 Å². The summed E-state index contributed by atoms with van der Waals surface area (Å²) in [6.07, 6.45) is 2.02. The molecule has 2 aromatic rings. The highest BCUT2D eigenvalue weighted by Crippen LogP contribution is 2.13. The average molecular weight is 225 g/mol. The summed E-state index contributed by atoms with van der Waals surface area (Å²) >= 11 is 0. The third-order valence-electron chi connectivity index (χ3n) is 2.77. The van der Waals surface area contributed by atoms with Gasteiger partial charge in [0.15, 0.2) is 0 Å². The monoisotopic (exact) mass is 225 g/mol. The van der Waals surface area contributed by atoms with E-state index in [0.717, 1.165) is 12.2 Å². The van der Waals surface area contributed by atoms with Gasteiger partial charge in [0.1, 0.15) is 0 Å². The molecule has 1 heterocycles. The number of aromatic nitrogens is 1. The summed E-state index contributed by atoms with van der Waals surface area (Å²) in [4.78, 5) is 0. The third-order valence-corrected chi connectivity index (χ3v) is 2.77. The minimum Gasteiger partial charge on any atom is -0.346 e. The Morgan fingerprint density at radius 3 is 2.59 bits per heavy atom. The van der Waals surface area contributed by atoms with E-state index in [1.165, 1.54) is 5.56 Å². The Morgan fingerprint density at radius 1 is 1.29 bits per heavy atom. The van der Waals surface area contributed by atoms with E-state index in [4.69, 9.17) is 11.0 Å². The van der Waals surface area contributed by atoms with Crippen LogP contribution in [0.1, 0.15) is 29.8 Å². The molecule has 0 saturated heterocycles. The van der Waals surface area contributed by atoms with E-state index in [2.05, 4.69) is 10.6 Å². The second-order valence-electron chi connectivity index (χ2n) is 4.16. The van der Waals surface area contributed by atoms with Crippen LogP contribution in [-0.2, 0) is 6.54 Å². The molecule has 1 aromatic carbocycles. The Kier molecular flexibility index (Phi) is 3.27. The summed E-state index contributed by atoms with van der Waals surface area (Å²) in [7, 11) is 0. The van der Waals surface area contributed by atoms with Gasteiger partial charge >= 0.3 is 0 Å². The second-order valence-corrected chi connectivity index (χ2v) is 4.16. The fourth-order valence-electron chi connectivity index (χ4n) is 1.87. The zero-order valence-electron chi connectivity index (χ0n) is 9.80. The summed E-state index contributed by atoms with van der Waals surface area (Å²) < 4.78 is 2.13. The van der Waals surface area contributed by atoms with Crippen molar-refractivity contribution < 1.29 is 0 Å². The number of nitrogens with zero attached hydrogens (tertiary/aromatic N) is 2. The van der Waals surface area contributed by atoms with E-state index in [9.17, 15) is 0 Å². The van der Waals surface area contributed by atoms with Crippen LogP contribution in [0.15, 0.2) is 42.6 Å². The first kappa shape index (κ1) is 11.4. The number of nitrogens with two attached hydrogens (primary N) is 1. The van der Waals surface area contributed by atoms with E-state index in [0.29, 0.717) is 5.56 Å². The Morgan fingerprint density at radius 2 is 2.00 bits per heavy atom. The maximum Gasteiger partial charge on any atom is 0.0991 e. The van der Waals surface area contributed by atoms with E-state index in [1.54, 1.807) is 0 Å². The first-order chi connectivity index (χ1) is 8.20. The minimum atomic E-state index is 0.0309. The molecule has 2 rings (SSSR count). The second kappa shape index (κ2) is 4.86. The standard InChI is InChI=1S/C14H15N3/c1-11(16)14-3-2-8-17(14)10-13-6-4-12(9-15)5-7-13/h2-8,11H,10,16H2,1H3. The molecule has 0 fully saturated rings. The van der Waals surface area contributed by atoms with Gasteiger partial charge in [0.05, 0.1) is 11.6 Å². The number of benzene rings is 1. The third kappa shape index (κ3) is 2.55. The van der Waals surface area contributed by atoms with Crippen molar-refractivity contribution in [3.63, 3.8) is 0 Å². The maximum absolute atomic E-state index is 8.73. The van der Waals surface area contributed by atoms with Crippen molar-refractivity contribution in [3.8, 4) is 6.07 Å². The highest BCUT2D eigenvalue weighted by molar-refractivity contribution is 5.32. The molecule has 1 aromatic heterocycles. The molecule has 1 atom stereocenters. The summed E-state index contributed by atoms with van der Waals surface area (Å²) in [6, 6.07) is 13.8. The molecule has 0 radical (unpaired) electrons. The molecule has 0 aliphatic heterocycles. The van der Waals surface area contributed by atoms with Gasteiger partial charge in [0.25, 0.3) is 0 Å². The minimum absolute atomic E-state index is 0.0309. The van der Waals surface area contributed by atoms with Crippen molar-refractivity contribution in [2.75, 3.05) is 0 Å². The Bertz CT molecular complexity index is 529. The summed E-state index contributed by atoms with van der Waals surface area (Å²) in [5.41, 5.74) is 8.87. The average Bonchev–Trinajstić information content (AvgIpc) is 2.78. The van der Waals surface area contributed by atoms with E-state index in [-0.39, 0.29) is 6.04 Å². The van der Waals surface area contributed by atoms with Crippen LogP contribution in [0.3, 0.4) is 0 Å². The first-order valence-corrected chi connectivity index (χ1v) is 5.60. The molecule has 0 aliphatic carbocycles. The van der Waals surface area contributed by atoms with Crippen LogP contribution in [0.25, 0.3) is 0 Å². The number of rotatable bonds is 3. The van der Waals surface area contributed by atoms with E-state index in [1.807, 2.05) is 49.5 Å². The lowest BCUT2D eigenvalue weighted by atomic mass is 10.1. The van der Waals surface area contributed by atoms with Crippen LogP contribution in [0.2, 0.25) is 0 Å². The molecule has 1 unspecified atom stereocenters. The Balaban J connectivity index is 2.20. The number of hydrogen-bond donors (Lipinski definition) is 1. The predicted molar refractivity (Wildman–Crippen MR) is 67.3 cm³/mol. The zero-order chi connectivity index (χ0) is 12.3. The van der Waals surface area contributed by atoms with Crippen molar-refractivity contribution in [1.82, 2.24) is 4.57 Å². The van der Waals surface area contributed by atoms with Crippen molar-refractivity contribution in [2.24, 2.45) is 5.73 Å². The van der Waals surface area contributed by atoms with Crippen LogP contribution in [0.5, 0.6) is 0 Å². The molecule has 86 valence electrons. The molecule has 2 N–H and O–H groups in total. The topological polar surface area (TPSA) is 54.7 Å². The van der Waals surface area contributed by atoms with Gasteiger partial charge in [-0.3, -0.25) is 0 Å². The maximum atomic E-state index is 8.73. The van der Waals surface area contributed by atoms with Crippen LogP contribution >= 0.6 is 0 Å². The zero-order valence-corrected chi connectivity index (χ0v) is 9.80. The molecule has 0 saturated carbocycles. The largest absolute Gasteiger partial charge is 0.346 e. The van der Waals surface area contributed by atoms with Crippen LogP contribution in [0, 0.1) is 11.3 Å². The van der Waals surface area contributed by atoms with Gasteiger partial charge in [-0.25, -0.2) is 0 Å². The molecule has 3 heteroatoms. The van der Waals surface area contributed by atoms with Gasteiger partial charge < -0.3 is 10.3 Å². The highest BCUT2D eigenvalue weighted by atomic mass is 15.0. The predicted octanol–water partition coefficient (Wildman–Crippen LogP) is 2.43. The van der Waals surface area contributed by atoms with Crippen LogP contribution in [-0.4, -0.2) is 4.57 Å². The van der Waals surface area contributed by atoms with Gasteiger partial charge in [-0.1, -0.05) is 12.1 Å². The fourth-order valence-corrected chi connectivity index (χ4v) is 1.87. The molecule has 0 amide bonds. The van der Waals surface area contributed by atoms with Crippen molar-refractivity contribution in [3.05, 3.63) is 59.4 Å². The smallest absolute Gasteiger partial charge is 0.0991 e. The van der Waals surface area contributed by atoms with Gasteiger partial charge in [0, 0.05) is 24.5 Å². The summed E-state index contributed by atoms with van der Waals surface area (Å²) in [6.45, 7) is 2.76. The number of hydrogen-bond acceptors (Lipinski definition) is 2. The lowest BCUT2D eigenvalue weighted by molar-refractivity contribution is 0.675.